The van der Waals surface area contributed by atoms with E-state index in [-0.39, 0.29) is 5.78 Å². The molecule has 0 aliphatic carbocycles. The monoisotopic (exact) mass is 241 g/mol. The average Bonchev–Trinajstić information content (AvgIpc) is 2.75. The van der Waals surface area contributed by atoms with Crippen LogP contribution in [0.25, 0.3) is 16.8 Å². The maximum Gasteiger partial charge on any atom is 0.169 e. The molecule has 2 aromatic rings. The number of Topliss-reactive ketones (excluding diaryl/α,β-unsaturated/α-hetero) is 1. The third-order valence-corrected chi connectivity index (χ3v) is 4.15. The van der Waals surface area contributed by atoms with E-state index in [0.717, 1.165) is 32.3 Å². The molecule has 84 valence electrons. The number of thiophene rings is 1. The zero-order valence-corrected chi connectivity index (χ0v) is 10.2. The van der Waals surface area contributed by atoms with Gasteiger partial charge in [-0.1, -0.05) is 24.8 Å². The largest absolute Gasteiger partial charge is 0.354 e. The van der Waals surface area contributed by atoms with Crippen molar-refractivity contribution >= 4 is 28.5 Å². The van der Waals surface area contributed by atoms with Crippen molar-refractivity contribution in [1.29, 1.82) is 0 Å². The molecule has 1 N–H and O–H groups in total. The molecule has 0 atom stereocenters. The number of nitrogens with one attached hydrogen (secondary N) is 1. The molecular weight excluding hydrogens is 230 g/mol. The molecule has 1 aliphatic heterocycles. The van der Waals surface area contributed by atoms with Crippen LogP contribution in [0.1, 0.15) is 21.5 Å². The number of hydrogen-bond acceptors (Lipinski definition) is 3. The van der Waals surface area contributed by atoms with E-state index >= 15 is 0 Å². The van der Waals surface area contributed by atoms with Gasteiger partial charge in [0, 0.05) is 22.5 Å². The smallest absolute Gasteiger partial charge is 0.169 e. The van der Waals surface area contributed by atoms with E-state index in [1.54, 1.807) is 6.92 Å². The highest BCUT2D eigenvalue weighted by molar-refractivity contribution is 7.15. The summed E-state index contributed by atoms with van der Waals surface area (Å²) in [6.07, 6.45) is 0. The molecule has 1 aromatic heterocycles. The number of carbonyl (C=O) groups is 1. The summed E-state index contributed by atoms with van der Waals surface area (Å²) in [5.41, 5.74) is 4.17. The molecule has 3 heteroatoms. The van der Waals surface area contributed by atoms with Gasteiger partial charge in [-0.2, -0.15) is 0 Å². The minimum Gasteiger partial charge on any atom is -0.354 e. The molecule has 0 bridgehead atoms. The standard InChI is InChI=1S/C14H11NOS/c1-8-14-11(7-13(17-14)9(2)16)10-5-3-4-6-12(10)15-8/h3-7,15H,1H2,2H3. The number of fused-ring (bicyclic) bond motifs is 3. The van der Waals surface area contributed by atoms with E-state index in [4.69, 9.17) is 0 Å². The summed E-state index contributed by atoms with van der Waals surface area (Å²) in [6.45, 7) is 5.61. The molecule has 0 radical (unpaired) electrons. The van der Waals surface area contributed by atoms with Crippen LogP contribution in [0, 0.1) is 0 Å². The number of rotatable bonds is 1. The van der Waals surface area contributed by atoms with Crippen molar-refractivity contribution in [3.05, 3.63) is 46.7 Å². The van der Waals surface area contributed by atoms with Gasteiger partial charge in [-0.3, -0.25) is 4.79 Å². The van der Waals surface area contributed by atoms with Gasteiger partial charge >= 0.3 is 0 Å². The molecule has 17 heavy (non-hydrogen) atoms. The van der Waals surface area contributed by atoms with Crippen molar-refractivity contribution in [2.24, 2.45) is 0 Å². The van der Waals surface area contributed by atoms with Gasteiger partial charge in [-0.25, -0.2) is 0 Å². The van der Waals surface area contributed by atoms with Crippen LogP contribution in [0.15, 0.2) is 36.9 Å². The Balaban J connectivity index is 2.27. The van der Waals surface area contributed by atoms with Gasteiger partial charge in [0.15, 0.2) is 5.78 Å². The molecule has 0 saturated carbocycles. The quantitative estimate of drug-likeness (QED) is 0.764. The average molecular weight is 241 g/mol. The normalized spacial score (nSPS) is 12.6. The summed E-state index contributed by atoms with van der Waals surface area (Å²) in [4.78, 5) is 13.3. The Morgan fingerprint density at radius 2 is 2.06 bits per heavy atom. The number of ketones is 1. The summed E-state index contributed by atoms with van der Waals surface area (Å²) in [5.74, 6) is 0.106. The van der Waals surface area contributed by atoms with Crippen molar-refractivity contribution in [3.8, 4) is 11.1 Å². The van der Waals surface area contributed by atoms with Gasteiger partial charge in [-0.05, 0) is 19.1 Å². The zero-order valence-electron chi connectivity index (χ0n) is 9.41. The lowest BCUT2D eigenvalue weighted by atomic mass is 9.99. The second-order valence-electron chi connectivity index (χ2n) is 4.06. The Morgan fingerprint density at radius 3 is 2.82 bits per heavy atom. The highest BCUT2D eigenvalue weighted by atomic mass is 32.1. The zero-order chi connectivity index (χ0) is 12.0. The molecule has 2 heterocycles. The lowest BCUT2D eigenvalue weighted by molar-refractivity contribution is 0.102. The minimum atomic E-state index is 0.106. The molecule has 0 saturated heterocycles. The van der Waals surface area contributed by atoms with Crippen molar-refractivity contribution in [2.45, 2.75) is 6.92 Å². The fraction of sp³-hybridized carbons (Fsp3) is 0.0714. The van der Waals surface area contributed by atoms with Gasteiger partial charge in [-0.15, -0.1) is 11.3 Å². The Labute approximate surface area is 104 Å². The summed E-state index contributed by atoms with van der Waals surface area (Å²) < 4.78 is 0. The first-order chi connectivity index (χ1) is 8.16. The van der Waals surface area contributed by atoms with Crippen LogP contribution in [0.3, 0.4) is 0 Å². The third-order valence-electron chi connectivity index (χ3n) is 2.86. The molecule has 2 nitrogen and oxygen atoms in total. The number of carbonyl (C=O) groups excluding carboxylic acids is 1. The maximum atomic E-state index is 11.4. The van der Waals surface area contributed by atoms with E-state index in [1.807, 2.05) is 24.3 Å². The Bertz CT molecular complexity index is 639. The summed E-state index contributed by atoms with van der Waals surface area (Å²) in [5, 5.41) is 3.27. The van der Waals surface area contributed by atoms with Gasteiger partial charge < -0.3 is 5.32 Å². The van der Waals surface area contributed by atoms with Crippen LogP contribution < -0.4 is 5.32 Å². The van der Waals surface area contributed by atoms with Gasteiger partial charge in [0.05, 0.1) is 9.75 Å². The fourth-order valence-corrected chi connectivity index (χ4v) is 3.03. The lowest BCUT2D eigenvalue weighted by Crippen LogP contribution is -2.03. The molecule has 0 amide bonds. The molecule has 0 spiro atoms. The van der Waals surface area contributed by atoms with Crippen LogP contribution >= 0.6 is 11.3 Å². The maximum absolute atomic E-state index is 11.4. The molecular formula is C14H11NOS. The Hall–Kier alpha value is -1.87. The van der Waals surface area contributed by atoms with Crippen LogP contribution in [-0.4, -0.2) is 5.78 Å². The van der Waals surface area contributed by atoms with E-state index in [9.17, 15) is 4.79 Å². The fourth-order valence-electron chi connectivity index (χ4n) is 2.04. The third kappa shape index (κ3) is 1.51. The first-order valence-electron chi connectivity index (χ1n) is 5.37. The number of hydrogen-bond donors (Lipinski definition) is 1. The van der Waals surface area contributed by atoms with Crippen molar-refractivity contribution < 1.29 is 4.79 Å². The molecule has 3 rings (SSSR count). The van der Waals surface area contributed by atoms with E-state index in [1.165, 1.54) is 11.3 Å². The van der Waals surface area contributed by atoms with Crippen molar-refractivity contribution in [3.63, 3.8) is 0 Å². The minimum absolute atomic E-state index is 0.106. The van der Waals surface area contributed by atoms with E-state index in [0.29, 0.717) is 0 Å². The van der Waals surface area contributed by atoms with Gasteiger partial charge in [0.25, 0.3) is 0 Å². The lowest BCUT2D eigenvalue weighted by Gasteiger charge is -2.19. The Kier molecular flexibility index (Phi) is 2.16. The topological polar surface area (TPSA) is 29.1 Å². The summed E-state index contributed by atoms with van der Waals surface area (Å²) in [6, 6.07) is 10.0. The van der Waals surface area contributed by atoms with Crippen LogP contribution in [0.5, 0.6) is 0 Å². The molecule has 0 fully saturated rings. The predicted octanol–water partition coefficient (Wildman–Crippen LogP) is 4.01. The SMILES string of the molecule is C=C1Nc2ccccc2-c2cc(C(C)=O)sc21. The molecule has 0 unspecified atom stereocenters. The van der Waals surface area contributed by atoms with E-state index < -0.39 is 0 Å². The highest BCUT2D eigenvalue weighted by Gasteiger charge is 2.22. The first-order valence-corrected chi connectivity index (χ1v) is 6.19. The van der Waals surface area contributed by atoms with E-state index in [2.05, 4.69) is 18.0 Å². The second kappa shape index (κ2) is 3.57. The highest BCUT2D eigenvalue weighted by Crippen LogP contribution is 2.43. The number of benzene rings is 1. The Morgan fingerprint density at radius 1 is 1.29 bits per heavy atom. The van der Waals surface area contributed by atoms with Crippen LogP contribution in [0.2, 0.25) is 0 Å². The number of para-hydroxylation sites is 1. The first kappa shape index (κ1) is 10.3. The second-order valence-corrected chi connectivity index (χ2v) is 5.11. The summed E-state index contributed by atoms with van der Waals surface area (Å²) in [7, 11) is 0. The molecule has 1 aromatic carbocycles. The predicted molar refractivity (Wildman–Crippen MR) is 72.4 cm³/mol. The molecule has 1 aliphatic rings. The van der Waals surface area contributed by atoms with Crippen molar-refractivity contribution in [1.82, 2.24) is 0 Å². The van der Waals surface area contributed by atoms with Crippen LogP contribution in [-0.2, 0) is 0 Å². The van der Waals surface area contributed by atoms with Gasteiger partial charge in [0.2, 0.25) is 0 Å². The van der Waals surface area contributed by atoms with Gasteiger partial charge in [0.1, 0.15) is 0 Å². The van der Waals surface area contributed by atoms with Crippen molar-refractivity contribution in [2.75, 3.05) is 5.32 Å². The van der Waals surface area contributed by atoms with Crippen LogP contribution in [0.4, 0.5) is 5.69 Å². The number of anilines is 1. The summed E-state index contributed by atoms with van der Waals surface area (Å²) >= 11 is 1.50.